The Morgan fingerprint density at radius 2 is 2.44 bits per heavy atom. The van der Waals surface area contributed by atoms with Gasteiger partial charge in [-0.05, 0) is 37.3 Å². The highest BCUT2D eigenvalue weighted by Crippen LogP contribution is 2.26. The number of nitrogen functional groups attached to an aromatic ring is 1. The number of nitrogens with two attached hydrogens (primary N) is 1. The van der Waals surface area contributed by atoms with Crippen LogP contribution in [0, 0.1) is 12.8 Å². The summed E-state index contributed by atoms with van der Waals surface area (Å²) < 4.78 is 0. The maximum absolute atomic E-state index is 9.19. The molecule has 0 amide bonds. The maximum Gasteiger partial charge on any atom is 0.151 e. The monoisotopic (exact) mass is 221 g/mol. The molecule has 1 saturated heterocycles. The molecule has 0 aliphatic carbocycles. The van der Waals surface area contributed by atoms with Crippen molar-refractivity contribution in [3.8, 4) is 0 Å². The molecule has 0 spiro atoms. The average Bonchev–Trinajstić information content (AvgIpc) is 2.29. The highest BCUT2D eigenvalue weighted by molar-refractivity contribution is 5.63. The molecule has 3 N–H and O–H groups in total. The van der Waals surface area contributed by atoms with Gasteiger partial charge in [0, 0.05) is 25.9 Å². The van der Waals surface area contributed by atoms with Gasteiger partial charge >= 0.3 is 0 Å². The topological polar surface area (TPSA) is 62.4 Å². The van der Waals surface area contributed by atoms with E-state index in [2.05, 4.69) is 9.88 Å². The Balaban J connectivity index is 2.16. The van der Waals surface area contributed by atoms with E-state index in [1.54, 1.807) is 0 Å². The number of aryl methyl sites for hydroxylation is 1. The van der Waals surface area contributed by atoms with Crippen LogP contribution < -0.4 is 10.6 Å². The number of pyridine rings is 1. The lowest BCUT2D eigenvalue weighted by molar-refractivity contribution is 0.208. The van der Waals surface area contributed by atoms with Crippen LogP contribution in [0.2, 0.25) is 0 Å². The molecule has 0 radical (unpaired) electrons. The second-order valence-corrected chi connectivity index (χ2v) is 4.56. The van der Waals surface area contributed by atoms with Crippen LogP contribution in [0.5, 0.6) is 0 Å². The highest BCUT2D eigenvalue weighted by Gasteiger charge is 2.21. The van der Waals surface area contributed by atoms with Crippen molar-refractivity contribution in [3.05, 3.63) is 17.8 Å². The molecule has 1 aliphatic rings. The molecule has 2 rings (SSSR count). The lowest BCUT2D eigenvalue weighted by Crippen LogP contribution is -2.37. The van der Waals surface area contributed by atoms with E-state index in [0.29, 0.717) is 5.92 Å². The number of hydrogen-bond acceptors (Lipinski definition) is 4. The standard InChI is InChI=1S/C12H19N3O/c1-9-5-11(13)12(14-6-9)15-4-2-3-10(7-15)8-16/h5-6,10,16H,2-4,7-8,13H2,1H3. The van der Waals surface area contributed by atoms with Crippen LogP contribution in [-0.4, -0.2) is 29.8 Å². The molecule has 1 aliphatic heterocycles. The summed E-state index contributed by atoms with van der Waals surface area (Å²) in [5.41, 5.74) is 7.79. The number of aromatic nitrogens is 1. The minimum atomic E-state index is 0.252. The third-order valence-corrected chi connectivity index (χ3v) is 3.11. The van der Waals surface area contributed by atoms with Crippen molar-refractivity contribution >= 4 is 11.5 Å². The summed E-state index contributed by atoms with van der Waals surface area (Å²) in [6.45, 7) is 4.08. The van der Waals surface area contributed by atoms with E-state index in [4.69, 9.17) is 5.73 Å². The van der Waals surface area contributed by atoms with Gasteiger partial charge in [0.1, 0.15) is 0 Å². The average molecular weight is 221 g/mol. The van der Waals surface area contributed by atoms with Gasteiger partial charge in [0.05, 0.1) is 5.69 Å². The van der Waals surface area contributed by atoms with Crippen molar-refractivity contribution < 1.29 is 5.11 Å². The predicted molar refractivity (Wildman–Crippen MR) is 65.4 cm³/mol. The zero-order valence-corrected chi connectivity index (χ0v) is 9.69. The molecule has 88 valence electrons. The first-order valence-corrected chi connectivity index (χ1v) is 5.78. The van der Waals surface area contributed by atoms with Crippen molar-refractivity contribution in [1.29, 1.82) is 0 Å². The third-order valence-electron chi connectivity index (χ3n) is 3.11. The molecule has 4 heteroatoms. The van der Waals surface area contributed by atoms with Gasteiger partial charge in [0.15, 0.2) is 5.82 Å². The molecule has 1 unspecified atom stereocenters. The second-order valence-electron chi connectivity index (χ2n) is 4.56. The number of aliphatic hydroxyl groups excluding tert-OH is 1. The zero-order valence-electron chi connectivity index (χ0n) is 9.69. The van der Waals surface area contributed by atoms with Crippen LogP contribution in [0.4, 0.5) is 11.5 Å². The first kappa shape index (κ1) is 11.2. The van der Waals surface area contributed by atoms with Gasteiger partial charge in [0.25, 0.3) is 0 Å². The fourth-order valence-corrected chi connectivity index (χ4v) is 2.26. The highest BCUT2D eigenvalue weighted by atomic mass is 16.3. The molecule has 2 heterocycles. The molecule has 0 aromatic carbocycles. The maximum atomic E-state index is 9.19. The molecular weight excluding hydrogens is 202 g/mol. The van der Waals surface area contributed by atoms with Crippen molar-refractivity contribution in [2.75, 3.05) is 30.3 Å². The Morgan fingerprint density at radius 1 is 1.62 bits per heavy atom. The minimum absolute atomic E-state index is 0.252. The predicted octanol–water partition coefficient (Wildman–Crippen LogP) is 1.18. The normalized spacial score (nSPS) is 21.1. The Kier molecular flexibility index (Phi) is 3.29. The van der Waals surface area contributed by atoms with Gasteiger partial charge in [-0.25, -0.2) is 4.98 Å². The largest absolute Gasteiger partial charge is 0.396 e. The first-order chi connectivity index (χ1) is 7.70. The number of anilines is 2. The number of piperidine rings is 1. The summed E-state index contributed by atoms with van der Waals surface area (Å²) >= 11 is 0. The Morgan fingerprint density at radius 3 is 3.12 bits per heavy atom. The minimum Gasteiger partial charge on any atom is -0.396 e. The van der Waals surface area contributed by atoms with Crippen LogP contribution >= 0.6 is 0 Å². The third kappa shape index (κ3) is 2.27. The fraction of sp³-hybridized carbons (Fsp3) is 0.583. The first-order valence-electron chi connectivity index (χ1n) is 5.78. The van der Waals surface area contributed by atoms with Gasteiger partial charge in [-0.1, -0.05) is 0 Å². The van der Waals surface area contributed by atoms with Crippen molar-refractivity contribution in [2.24, 2.45) is 5.92 Å². The summed E-state index contributed by atoms with van der Waals surface area (Å²) in [6, 6.07) is 1.95. The zero-order chi connectivity index (χ0) is 11.5. The molecule has 1 atom stereocenters. The molecular formula is C12H19N3O. The summed E-state index contributed by atoms with van der Waals surface area (Å²) in [7, 11) is 0. The quantitative estimate of drug-likeness (QED) is 0.787. The molecule has 1 aromatic rings. The van der Waals surface area contributed by atoms with Gasteiger partial charge < -0.3 is 15.7 Å². The van der Waals surface area contributed by atoms with Crippen molar-refractivity contribution in [3.63, 3.8) is 0 Å². The molecule has 1 aromatic heterocycles. The van der Waals surface area contributed by atoms with Gasteiger partial charge in [-0.2, -0.15) is 0 Å². The summed E-state index contributed by atoms with van der Waals surface area (Å²) in [6.07, 6.45) is 4.03. The van der Waals surface area contributed by atoms with Crippen LogP contribution in [0.15, 0.2) is 12.3 Å². The molecule has 16 heavy (non-hydrogen) atoms. The van der Waals surface area contributed by atoms with E-state index in [0.717, 1.165) is 43.0 Å². The van der Waals surface area contributed by atoms with Gasteiger partial charge in [-0.3, -0.25) is 0 Å². The van der Waals surface area contributed by atoms with Gasteiger partial charge in [0.2, 0.25) is 0 Å². The molecule has 0 bridgehead atoms. The Hall–Kier alpha value is -1.29. The van der Waals surface area contributed by atoms with Crippen LogP contribution in [-0.2, 0) is 0 Å². The van der Waals surface area contributed by atoms with Crippen LogP contribution in [0.1, 0.15) is 18.4 Å². The number of aliphatic hydroxyl groups is 1. The Labute approximate surface area is 96.1 Å². The number of rotatable bonds is 2. The molecule has 0 saturated carbocycles. The van der Waals surface area contributed by atoms with Crippen LogP contribution in [0.25, 0.3) is 0 Å². The van der Waals surface area contributed by atoms with Gasteiger partial charge in [-0.15, -0.1) is 0 Å². The summed E-state index contributed by atoms with van der Waals surface area (Å²) in [5, 5.41) is 9.19. The van der Waals surface area contributed by atoms with Crippen molar-refractivity contribution in [2.45, 2.75) is 19.8 Å². The molecule has 1 fully saturated rings. The SMILES string of the molecule is Cc1cnc(N2CCCC(CO)C2)c(N)c1. The molecule has 4 nitrogen and oxygen atoms in total. The summed E-state index contributed by atoms with van der Waals surface area (Å²) in [5.74, 6) is 1.22. The smallest absolute Gasteiger partial charge is 0.151 e. The van der Waals surface area contributed by atoms with E-state index in [9.17, 15) is 5.11 Å². The lowest BCUT2D eigenvalue weighted by atomic mass is 9.99. The van der Waals surface area contributed by atoms with E-state index in [1.807, 2.05) is 19.2 Å². The second kappa shape index (κ2) is 4.70. The van der Waals surface area contributed by atoms with E-state index in [1.165, 1.54) is 0 Å². The van der Waals surface area contributed by atoms with Crippen molar-refractivity contribution in [1.82, 2.24) is 4.98 Å². The van der Waals surface area contributed by atoms with E-state index < -0.39 is 0 Å². The number of hydrogen-bond donors (Lipinski definition) is 2. The Bertz CT molecular complexity index is 367. The van der Waals surface area contributed by atoms with E-state index in [-0.39, 0.29) is 6.61 Å². The lowest BCUT2D eigenvalue weighted by Gasteiger charge is -2.33. The summed E-state index contributed by atoms with van der Waals surface area (Å²) in [4.78, 5) is 6.57. The number of nitrogens with zero attached hydrogens (tertiary/aromatic N) is 2. The fourth-order valence-electron chi connectivity index (χ4n) is 2.26. The van der Waals surface area contributed by atoms with E-state index >= 15 is 0 Å². The van der Waals surface area contributed by atoms with Crippen LogP contribution in [0.3, 0.4) is 0 Å².